The zero-order valence-electron chi connectivity index (χ0n) is 20.6. The van der Waals surface area contributed by atoms with Crippen LogP contribution in [0.3, 0.4) is 0 Å². The van der Waals surface area contributed by atoms with Gasteiger partial charge in [-0.15, -0.1) is 0 Å². The standard InChI is InChI=1S/C29H48N2/c1-3-5-7-9-11-12-17-24-29-30-28(23-19-22-27-20-15-14-16-21-27)26-31(29)25-18-13-10-8-6-4-2/h14-16,20-21,26H,3-13,17-19,22-25H2,1-2H3. The number of aryl methyl sites for hydroxylation is 4. The second-order valence-corrected chi connectivity index (χ2v) is 9.32. The van der Waals surface area contributed by atoms with E-state index in [2.05, 4.69) is 54.9 Å². The number of benzene rings is 1. The molecule has 0 bridgehead atoms. The van der Waals surface area contributed by atoms with Gasteiger partial charge in [-0.25, -0.2) is 4.98 Å². The Balaban J connectivity index is 1.78. The van der Waals surface area contributed by atoms with Crippen LogP contribution in [-0.4, -0.2) is 9.55 Å². The van der Waals surface area contributed by atoms with E-state index in [9.17, 15) is 0 Å². The summed E-state index contributed by atoms with van der Waals surface area (Å²) in [5.41, 5.74) is 2.75. The molecule has 0 saturated heterocycles. The van der Waals surface area contributed by atoms with E-state index in [1.54, 1.807) is 0 Å². The maximum atomic E-state index is 5.08. The lowest BCUT2D eigenvalue weighted by Crippen LogP contribution is -2.03. The van der Waals surface area contributed by atoms with E-state index >= 15 is 0 Å². The molecule has 0 aliphatic carbocycles. The first-order valence-corrected chi connectivity index (χ1v) is 13.4. The summed E-state index contributed by atoms with van der Waals surface area (Å²) in [7, 11) is 0. The Morgan fingerprint density at radius 3 is 1.90 bits per heavy atom. The van der Waals surface area contributed by atoms with Gasteiger partial charge in [-0.1, -0.05) is 115 Å². The van der Waals surface area contributed by atoms with Crippen LogP contribution in [0.25, 0.3) is 0 Å². The van der Waals surface area contributed by atoms with Gasteiger partial charge < -0.3 is 4.57 Å². The molecule has 0 unspecified atom stereocenters. The van der Waals surface area contributed by atoms with Crippen molar-refractivity contribution in [3.8, 4) is 0 Å². The van der Waals surface area contributed by atoms with E-state index in [0.29, 0.717) is 0 Å². The molecule has 0 radical (unpaired) electrons. The molecule has 1 heterocycles. The van der Waals surface area contributed by atoms with Crippen molar-refractivity contribution in [1.82, 2.24) is 9.55 Å². The Bertz CT molecular complexity index is 659. The van der Waals surface area contributed by atoms with Gasteiger partial charge in [-0.3, -0.25) is 0 Å². The molecule has 2 aromatic rings. The summed E-state index contributed by atoms with van der Waals surface area (Å²) in [6, 6.07) is 10.9. The summed E-state index contributed by atoms with van der Waals surface area (Å²) in [5.74, 6) is 1.34. The van der Waals surface area contributed by atoms with Gasteiger partial charge in [0.05, 0.1) is 5.69 Å². The van der Waals surface area contributed by atoms with Gasteiger partial charge in [-0.2, -0.15) is 0 Å². The second kappa shape index (κ2) is 17.0. The summed E-state index contributed by atoms with van der Waals surface area (Å²) in [6.07, 6.45) is 24.7. The summed E-state index contributed by atoms with van der Waals surface area (Å²) in [4.78, 5) is 5.08. The van der Waals surface area contributed by atoms with Crippen LogP contribution in [0.4, 0.5) is 0 Å². The Morgan fingerprint density at radius 1 is 0.613 bits per heavy atom. The van der Waals surface area contributed by atoms with Crippen LogP contribution >= 0.6 is 0 Å². The highest BCUT2D eigenvalue weighted by Crippen LogP contribution is 2.15. The molecular formula is C29H48N2. The minimum atomic E-state index is 1.10. The predicted octanol–water partition coefficient (Wildman–Crippen LogP) is 8.71. The van der Waals surface area contributed by atoms with Crippen molar-refractivity contribution in [1.29, 1.82) is 0 Å². The number of nitrogens with zero attached hydrogens (tertiary/aromatic N) is 2. The number of hydrogen-bond donors (Lipinski definition) is 0. The first-order valence-electron chi connectivity index (χ1n) is 13.4. The molecule has 2 nitrogen and oxygen atoms in total. The number of imidazole rings is 1. The molecular weight excluding hydrogens is 376 g/mol. The summed E-state index contributed by atoms with van der Waals surface area (Å²) < 4.78 is 2.49. The molecule has 0 fully saturated rings. The van der Waals surface area contributed by atoms with Crippen molar-refractivity contribution in [3.63, 3.8) is 0 Å². The molecule has 0 amide bonds. The van der Waals surface area contributed by atoms with Crippen LogP contribution in [-0.2, 0) is 25.8 Å². The average molecular weight is 425 g/mol. The van der Waals surface area contributed by atoms with Gasteiger partial charge in [-0.05, 0) is 37.7 Å². The molecule has 0 aliphatic heterocycles. The van der Waals surface area contributed by atoms with Crippen LogP contribution < -0.4 is 0 Å². The third-order valence-electron chi connectivity index (χ3n) is 6.41. The van der Waals surface area contributed by atoms with Crippen molar-refractivity contribution in [2.75, 3.05) is 0 Å². The van der Waals surface area contributed by atoms with E-state index < -0.39 is 0 Å². The van der Waals surface area contributed by atoms with Gasteiger partial charge in [0.1, 0.15) is 5.82 Å². The van der Waals surface area contributed by atoms with Crippen molar-refractivity contribution < 1.29 is 0 Å². The molecule has 2 rings (SSSR count). The summed E-state index contributed by atoms with van der Waals surface area (Å²) in [5, 5.41) is 0. The fourth-order valence-corrected chi connectivity index (χ4v) is 4.45. The summed E-state index contributed by atoms with van der Waals surface area (Å²) in [6.45, 7) is 5.74. The number of hydrogen-bond acceptors (Lipinski definition) is 1. The van der Waals surface area contributed by atoms with Crippen molar-refractivity contribution in [3.05, 3.63) is 53.6 Å². The van der Waals surface area contributed by atoms with E-state index in [1.807, 2.05) is 0 Å². The third kappa shape index (κ3) is 11.6. The SMILES string of the molecule is CCCCCCCCCc1nc(CCCc2ccccc2)cn1CCCCCCCC. The maximum Gasteiger partial charge on any atom is 0.108 e. The summed E-state index contributed by atoms with van der Waals surface area (Å²) >= 11 is 0. The monoisotopic (exact) mass is 424 g/mol. The van der Waals surface area contributed by atoms with Crippen LogP contribution in [0.1, 0.15) is 121 Å². The van der Waals surface area contributed by atoms with Crippen molar-refractivity contribution >= 4 is 0 Å². The minimum Gasteiger partial charge on any atom is -0.335 e. The van der Waals surface area contributed by atoms with Crippen LogP contribution in [0.15, 0.2) is 36.5 Å². The highest BCUT2D eigenvalue weighted by atomic mass is 15.1. The molecule has 174 valence electrons. The minimum absolute atomic E-state index is 1.10. The van der Waals surface area contributed by atoms with Gasteiger partial charge in [0.2, 0.25) is 0 Å². The normalized spacial score (nSPS) is 11.3. The number of aromatic nitrogens is 2. The smallest absolute Gasteiger partial charge is 0.108 e. The van der Waals surface area contributed by atoms with Crippen LogP contribution in [0, 0.1) is 0 Å². The third-order valence-corrected chi connectivity index (χ3v) is 6.41. The molecule has 1 aromatic carbocycles. The van der Waals surface area contributed by atoms with E-state index in [0.717, 1.165) is 25.8 Å². The highest BCUT2D eigenvalue weighted by Gasteiger charge is 2.08. The average Bonchev–Trinajstić information content (AvgIpc) is 3.18. The predicted molar refractivity (Wildman–Crippen MR) is 136 cm³/mol. The Morgan fingerprint density at radius 2 is 1.23 bits per heavy atom. The zero-order valence-corrected chi connectivity index (χ0v) is 20.6. The lowest BCUT2D eigenvalue weighted by molar-refractivity contribution is 0.534. The molecule has 0 atom stereocenters. The van der Waals surface area contributed by atoms with Crippen molar-refractivity contribution in [2.24, 2.45) is 0 Å². The Kier molecular flexibility index (Phi) is 14.1. The molecule has 0 saturated carbocycles. The molecule has 1 aromatic heterocycles. The largest absolute Gasteiger partial charge is 0.335 e. The second-order valence-electron chi connectivity index (χ2n) is 9.32. The topological polar surface area (TPSA) is 17.8 Å². The first-order chi connectivity index (χ1) is 15.3. The van der Waals surface area contributed by atoms with E-state index in [-0.39, 0.29) is 0 Å². The first kappa shape index (κ1) is 25.7. The van der Waals surface area contributed by atoms with Crippen LogP contribution in [0.5, 0.6) is 0 Å². The lowest BCUT2D eigenvalue weighted by Gasteiger charge is -2.08. The van der Waals surface area contributed by atoms with Gasteiger partial charge in [0, 0.05) is 19.2 Å². The highest BCUT2D eigenvalue weighted by molar-refractivity contribution is 5.15. The van der Waals surface area contributed by atoms with Gasteiger partial charge in [0.25, 0.3) is 0 Å². The number of unbranched alkanes of at least 4 members (excludes halogenated alkanes) is 11. The molecule has 0 N–H and O–H groups in total. The maximum absolute atomic E-state index is 5.08. The van der Waals surface area contributed by atoms with E-state index in [1.165, 1.54) is 107 Å². The van der Waals surface area contributed by atoms with E-state index in [4.69, 9.17) is 4.98 Å². The van der Waals surface area contributed by atoms with Gasteiger partial charge in [0.15, 0.2) is 0 Å². The fraction of sp³-hybridized carbons (Fsp3) is 0.690. The Labute approximate surface area is 192 Å². The fourth-order valence-electron chi connectivity index (χ4n) is 4.45. The van der Waals surface area contributed by atoms with Crippen LogP contribution in [0.2, 0.25) is 0 Å². The zero-order chi connectivity index (χ0) is 22.0. The lowest BCUT2D eigenvalue weighted by atomic mass is 10.1. The molecule has 0 aliphatic rings. The molecule has 31 heavy (non-hydrogen) atoms. The molecule has 2 heteroatoms. The molecule has 0 spiro atoms. The quantitative estimate of drug-likeness (QED) is 0.206. The Hall–Kier alpha value is -1.57. The van der Waals surface area contributed by atoms with Gasteiger partial charge >= 0.3 is 0 Å². The van der Waals surface area contributed by atoms with Crippen molar-refractivity contribution in [2.45, 2.75) is 130 Å². The number of rotatable bonds is 19.